The van der Waals surface area contributed by atoms with Gasteiger partial charge in [0.1, 0.15) is 0 Å². The van der Waals surface area contributed by atoms with E-state index in [4.69, 9.17) is 5.26 Å². The topological polar surface area (TPSA) is 91.3 Å². The quantitative estimate of drug-likeness (QED) is 0.472. The fourth-order valence-corrected chi connectivity index (χ4v) is 4.83. The molecule has 0 aliphatic carbocycles. The SMILES string of the molecule is N#Cc1ccc(Cn2c(=O)n(CC(O)CN3CCc4ccccc4C3)c(=O)c3ccccc32)cc1. The largest absolute Gasteiger partial charge is 0.390 e. The number of β-amino-alcohol motifs (C(OH)–C–C–N with tert-alkyl or cyclic N) is 1. The average Bonchev–Trinajstić information content (AvgIpc) is 2.89. The van der Waals surface area contributed by atoms with Crippen molar-refractivity contribution in [2.45, 2.75) is 32.2 Å². The van der Waals surface area contributed by atoms with Gasteiger partial charge in [-0.25, -0.2) is 4.79 Å². The molecular formula is C28H26N4O3. The third kappa shape index (κ3) is 4.67. The Morgan fingerprint density at radius 2 is 1.60 bits per heavy atom. The van der Waals surface area contributed by atoms with Gasteiger partial charge in [-0.05, 0) is 47.4 Å². The highest BCUT2D eigenvalue weighted by Gasteiger charge is 2.21. The normalized spacial score (nSPS) is 14.4. The molecular weight excluding hydrogens is 440 g/mol. The van der Waals surface area contributed by atoms with Crippen molar-refractivity contribution in [3.05, 3.63) is 116 Å². The van der Waals surface area contributed by atoms with E-state index in [1.54, 1.807) is 53.1 Å². The van der Waals surface area contributed by atoms with Crippen molar-refractivity contribution >= 4 is 10.9 Å². The number of fused-ring (bicyclic) bond motifs is 2. The van der Waals surface area contributed by atoms with E-state index in [9.17, 15) is 14.7 Å². The number of nitriles is 1. The molecule has 1 atom stereocenters. The Bertz CT molecular complexity index is 1530. The van der Waals surface area contributed by atoms with E-state index >= 15 is 0 Å². The summed E-state index contributed by atoms with van der Waals surface area (Å²) in [6, 6.07) is 24.4. The van der Waals surface area contributed by atoms with Crippen LogP contribution in [0.2, 0.25) is 0 Å². The van der Waals surface area contributed by atoms with E-state index in [2.05, 4.69) is 23.1 Å². The number of nitrogens with zero attached hydrogens (tertiary/aromatic N) is 4. The van der Waals surface area contributed by atoms with Crippen molar-refractivity contribution in [2.75, 3.05) is 13.1 Å². The number of para-hydroxylation sites is 1. The van der Waals surface area contributed by atoms with Gasteiger partial charge in [0.2, 0.25) is 0 Å². The minimum Gasteiger partial charge on any atom is -0.390 e. The van der Waals surface area contributed by atoms with Crippen LogP contribution >= 0.6 is 0 Å². The number of aliphatic hydroxyl groups is 1. The number of hydrogen-bond acceptors (Lipinski definition) is 5. The van der Waals surface area contributed by atoms with Crippen LogP contribution < -0.4 is 11.2 Å². The monoisotopic (exact) mass is 466 g/mol. The Labute approximate surface area is 202 Å². The molecule has 0 spiro atoms. The number of aromatic nitrogens is 2. The molecule has 3 aromatic carbocycles. The van der Waals surface area contributed by atoms with Crippen LogP contribution in [0.4, 0.5) is 0 Å². The summed E-state index contributed by atoms with van der Waals surface area (Å²) in [5.41, 5.74) is 3.65. The molecule has 7 heteroatoms. The van der Waals surface area contributed by atoms with E-state index in [1.165, 1.54) is 11.1 Å². The summed E-state index contributed by atoms with van der Waals surface area (Å²) in [6.07, 6.45) is 0.0473. The molecule has 0 saturated carbocycles. The Hall–Kier alpha value is -3.99. The van der Waals surface area contributed by atoms with Crippen LogP contribution in [0, 0.1) is 11.3 Å². The lowest BCUT2D eigenvalue weighted by Gasteiger charge is -2.30. The number of rotatable bonds is 6. The standard InChI is InChI=1S/C28H26N4O3/c29-15-20-9-11-21(12-10-20)16-31-26-8-4-3-7-25(26)27(34)32(28(31)35)19-24(33)18-30-14-13-22-5-1-2-6-23(22)17-30/h1-12,24,33H,13-14,16-19H2. The lowest BCUT2D eigenvalue weighted by molar-refractivity contribution is 0.0897. The third-order valence-corrected chi connectivity index (χ3v) is 6.63. The van der Waals surface area contributed by atoms with Crippen LogP contribution in [0.1, 0.15) is 22.3 Å². The third-order valence-electron chi connectivity index (χ3n) is 6.63. The van der Waals surface area contributed by atoms with Gasteiger partial charge in [0, 0.05) is 19.6 Å². The molecule has 1 aliphatic heterocycles. The number of hydrogen-bond donors (Lipinski definition) is 1. The second-order valence-corrected chi connectivity index (χ2v) is 9.02. The summed E-state index contributed by atoms with van der Waals surface area (Å²) < 4.78 is 2.70. The zero-order valence-corrected chi connectivity index (χ0v) is 19.3. The molecule has 0 amide bonds. The molecule has 0 fully saturated rings. The first-order valence-corrected chi connectivity index (χ1v) is 11.7. The fourth-order valence-electron chi connectivity index (χ4n) is 4.83. The van der Waals surface area contributed by atoms with Crippen molar-refractivity contribution in [2.24, 2.45) is 0 Å². The molecule has 4 aromatic rings. The van der Waals surface area contributed by atoms with Crippen LogP contribution in [0.5, 0.6) is 0 Å². The van der Waals surface area contributed by atoms with E-state index in [1.807, 2.05) is 12.1 Å². The number of aliphatic hydroxyl groups excluding tert-OH is 1. The Kier molecular flexibility index (Phi) is 6.32. The van der Waals surface area contributed by atoms with Crippen LogP contribution in [0.25, 0.3) is 10.9 Å². The summed E-state index contributed by atoms with van der Waals surface area (Å²) in [6.45, 7) is 2.12. The molecule has 7 nitrogen and oxygen atoms in total. The first-order valence-electron chi connectivity index (χ1n) is 11.7. The second-order valence-electron chi connectivity index (χ2n) is 9.02. The van der Waals surface area contributed by atoms with Crippen molar-refractivity contribution in [3.8, 4) is 6.07 Å². The fraction of sp³-hybridized carbons (Fsp3) is 0.250. The van der Waals surface area contributed by atoms with Crippen molar-refractivity contribution < 1.29 is 5.11 Å². The van der Waals surface area contributed by atoms with E-state index in [-0.39, 0.29) is 13.1 Å². The highest BCUT2D eigenvalue weighted by molar-refractivity contribution is 5.77. The summed E-state index contributed by atoms with van der Waals surface area (Å²) >= 11 is 0. The second kappa shape index (κ2) is 9.71. The zero-order chi connectivity index (χ0) is 24.4. The maximum Gasteiger partial charge on any atom is 0.331 e. The molecule has 2 heterocycles. The zero-order valence-electron chi connectivity index (χ0n) is 19.3. The predicted molar refractivity (Wildman–Crippen MR) is 134 cm³/mol. The lowest BCUT2D eigenvalue weighted by atomic mass is 10.00. The Balaban J connectivity index is 1.43. The minimum atomic E-state index is -0.866. The summed E-state index contributed by atoms with van der Waals surface area (Å²) in [5, 5.41) is 20.4. The van der Waals surface area contributed by atoms with Gasteiger partial charge in [0.25, 0.3) is 5.56 Å². The maximum atomic E-state index is 13.5. The van der Waals surface area contributed by atoms with E-state index in [0.29, 0.717) is 23.0 Å². The molecule has 0 radical (unpaired) electrons. The van der Waals surface area contributed by atoms with Gasteiger partial charge in [0.05, 0.1) is 41.7 Å². The molecule has 0 saturated heterocycles. The van der Waals surface area contributed by atoms with Gasteiger partial charge in [-0.1, -0.05) is 48.5 Å². The smallest absolute Gasteiger partial charge is 0.331 e. The first kappa shape index (κ1) is 22.8. The van der Waals surface area contributed by atoms with Crippen molar-refractivity contribution in [1.82, 2.24) is 14.0 Å². The van der Waals surface area contributed by atoms with Crippen LogP contribution in [0.3, 0.4) is 0 Å². The summed E-state index contributed by atoms with van der Waals surface area (Å²) in [7, 11) is 0. The lowest BCUT2D eigenvalue weighted by Crippen LogP contribution is -2.45. The molecule has 0 bridgehead atoms. The highest BCUT2D eigenvalue weighted by Crippen LogP contribution is 2.18. The average molecular weight is 467 g/mol. The minimum absolute atomic E-state index is 0.0754. The molecule has 176 valence electrons. The van der Waals surface area contributed by atoms with Gasteiger partial charge in [0.15, 0.2) is 0 Å². The Morgan fingerprint density at radius 1 is 0.886 bits per heavy atom. The van der Waals surface area contributed by atoms with Crippen LogP contribution in [-0.4, -0.2) is 38.3 Å². The van der Waals surface area contributed by atoms with Gasteiger partial charge < -0.3 is 5.11 Å². The first-order chi connectivity index (χ1) is 17.0. The maximum absolute atomic E-state index is 13.5. The highest BCUT2D eigenvalue weighted by atomic mass is 16.3. The molecule has 1 aromatic heterocycles. The van der Waals surface area contributed by atoms with Crippen molar-refractivity contribution in [3.63, 3.8) is 0 Å². The van der Waals surface area contributed by atoms with Crippen LogP contribution in [-0.2, 0) is 26.1 Å². The molecule has 5 rings (SSSR count). The van der Waals surface area contributed by atoms with Gasteiger partial charge in [-0.3, -0.25) is 18.8 Å². The summed E-state index contributed by atoms with van der Waals surface area (Å²) in [4.78, 5) is 28.9. The Morgan fingerprint density at radius 3 is 2.37 bits per heavy atom. The molecule has 35 heavy (non-hydrogen) atoms. The summed E-state index contributed by atoms with van der Waals surface area (Å²) in [5.74, 6) is 0. The van der Waals surface area contributed by atoms with Crippen LogP contribution in [0.15, 0.2) is 82.4 Å². The van der Waals surface area contributed by atoms with Gasteiger partial charge >= 0.3 is 5.69 Å². The predicted octanol–water partition coefficient (Wildman–Crippen LogP) is 2.50. The van der Waals surface area contributed by atoms with Gasteiger partial charge in [-0.2, -0.15) is 5.26 Å². The molecule has 1 unspecified atom stereocenters. The molecule has 1 aliphatic rings. The van der Waals surface area contributed by atoms with E-state index < -0.39 is 17.4 Å². The molecule has 1 N–H and O–H groups in total. The van der Waals surface area contributed by atoms with E-state index in [0.717, 1.165) is 29.6 Å². The van der Waals surface area contributed by atoms with Crippen molar-refractivity contribution in [1.29, 1.82) is 5.26 Å². The van der Waals surface area contributed by atoms with Gasteiger partial charge in [-0.15, -0.1) is 0 Å². The number of benzene rings is 3.